The Hall–Kier alpha value is -1.42. The fourth-order valence-corrected chi connectivity index (χ4v) is 2.44. The van der Waals surface area contributed by atoms with Gasteiger partial charge in [-0.1, -0.05) is 22.9 Å². The Balaban J connectivity index is 2.75. The molecule has 4 heteroatoms. The Kier molecular flexibility index (Phi) is 2.91. The molecule has 3 nitrogen and oxygen atoms in total. The lowest BCUT2D eigenvalue weighted by Crippen LogP contribution is -2.23. The second-order valence-corrected chi connectivity index (χ2v) is 5.01. The van der Waals surface area contributed by atoms with Crippen molar-refractivity contribution >= 4 is 33.3 Å². The number of Topliss-reactive ketones (excluding diaryl/α,β-unsaturated/α-hetero) is 2. The summed E-state index contributed by atoms with van der Waals surface area (Å²) < 4.78 is 0.843. The second-order valence-electron chi connectivity index (χ2n) is 4.10. The minimum atomic E-state index is -0.405. The molecule has 1 atom stereocenters. The largest absolute Gasteiger partial charge is 0.506 e. The van der Waals surface area contributed by atoms with Gasteiger partial charge >= 0.3 is 0 Å². The van der Waals surface area contributed by atoms with Crippen LogP contribution in [0.4, 0.5) is 0 Å². The Morgan fingerprint density at radius 2 is 2.06 bits per heavy atom. The lowest BCUT2D eigenvalue weighted by molar-refractivity contribution is -0.121. The normalized spacial score (nSPS) is 19.2. The van der Waals surface area contributed by atoms with Gasteiger partial charge in [-0.05, 0) is 30.7 Å². The summed E-state index contributed by atoms with van der Waals surface area (Å²) in [4.78, 5) is 23.4. The number of fused-ring (bicyclic) bond motifs is 1. The van der Waals surface area contributed by atoms with Crippen molar-refractivity contribution in [3.8, 4) is 0 Å². The number of aliphatic hydroxyl groups excluding tert-OH is 1. The first-order chi connectivity index (χ1) is 7.93. The van der Waals surface area contributed by atoms with Crippen molar-refractivity contribution in [2.45, 2.75) is 19.8 Å². The summed E-state index contributed by atoms with van der Waals surface area (Å²) >= 11 is 3.33. The van der Waals surface area contributed by atoms with Gasteiger partial charge in [-0.25, -0.2) is 0 Å². The molecule has 1 N–H and O–H groups in total. The molecule has 1 unspecified atom stereocenters. The van der Waals surface area contributed by atoms with E-state index in [1.807, 2.05) is 0 Å². The fraction of sp³-hybridized carbons (Fsp3) is 0.231. The molecule has 0 fully saturated rings. The maximum Gasteiger partial charge on any atom is 0.177 e. The van der Waals surface area contributed by atoms with E-state index in [4.69, 9.17) is 0 Å². The number of aliphatic hydroxyl groups is 1. The first-order valence-corrected chi connectivity index (χ1v) is 6.01. The first-order valence-electron chi connectivity index (χ1n) is 5.21. The predicted octanol–water partition coefficient (Wildman–Crippen LogP) is 2.99. The molecule has 0 spiro atoms. The van der Waals surface area contributed by atoms with Crippen LogP contribution < -0.4 is 0 Å². The summed E-state index contributed by atoms with van der Waals surface area (Å²) in [6.07, 6.45) is 0. The average molecular weight is 295 g/mol. The van der Waals surface area contributed by atoms with Gasteiger partial charge in [0.05, 0.1) is 0 Å². The van der Waals surface area contributed by atoms with Gasteiger partial charge in [0.25, 0.3) is 0 Å². The maximum atomic E-state index is 12.0. The van der Waals surface area contributed by atoms with Crippen molar-refractivity contribution < 1.29 is 14.7 Å². The van der Waals surface area contributed by atoms with Gasteiger partial charge in [0.15, 0.2) is 11.6 Å². The van der Waals surface area contributed by atoms with E-state index in [2.05, 4.69) is 15.9 Å². The van der Waals surface area contributed by atoms with Crippen molar-refractivity contribution in [3.63, 3.8) is 0 Å². The number of hydrogen-bond donors (Lipinski definition) is 1. The summed E-state index contributed by atoms with van der Waals surface area (Å²) in [5, 5.41) is 9.99. The number of hydrogen-bond acceptors (Lipinski definition) is 3. The number of carbonyl (C=O) groups excluding carboxylic acids is 2. The number of ketones is 2. The zero-order chi connectivity index (χ0) is 12.7. The molecule has 88 valence electrons. The molecule has 1 aliphatic carbocycles. The molecule has 0 aromatic heterocycles. The third-order valence-corrected chi connectivity index (χ3v) is 3.46. The third-order valence-electron chi connectivity index (χ3n) is 2.96. The van der Waals surface area contributed by atoms with E-state index in [0.29, 0.717) is 5.56 Å². The number of halogens is 1. The molecule has 0 amide bonds. The van der Waals surface area contributed by atoms with E-state index in [0.717, 1.165) is 10.0 Å². The molecule has 0 radical (unpaired) electrons. The Morgan fingerprint density at radius 1 is 1.41 bits per heavy atom. The van der Waals surface area contributed by atoms with E-state index in [1.165, 1.54) is 6.92 Å². The highest BCUT2D eigenvalue weighted by Crippen LogP contribution is 2.36. The Morgan fingerprint density at radius 3 is 2.65 bits per heavy atom. The molecule has 0 heterocycles. The van der Waals surface area contributed by atoms with Crippen LogP contribution in [0.2, 0.25) is 0 Å². The van der Waals surface area contributed by atoms with E-state index in [-0.39, 0.29) is 17.1 Å². The maximum absolute atomic E-state index is 12.0. The summed E-state index contributed by atoms with van der Waals surface area (Å²) in [5.74, 6) is -1.33. The Bertz CT molecular complexity index is 558. The quantitative estimate of drug-likeness (QED) is 0.810. The molecule has 1 aromatic rings. The molecule has 0 bridgehead atoms. The minimum Gasteiger partial charge on any atom is -0.506 e. The Labute approximate surface area is 107 Å². The zero-order valence-electron chi connectivity index (χ0n) is 9.45. The number of rotatable bonds is 1. The van der Waals surface area contributed by atoms with Gasteiger partial charge in [-0.15, -0.1) is 0 Å². The van der Waals surface area contributed by atoms with Crippen LogP contribution in [0.1, 0.15) is 30.9 Å². The standard InChI is InChI=1S/C13H11BrO3/c1-6-10-5-8(14)3-4-9(10)13(17)11(7(2)15)12(6)16/h3-6,17H,1-2H3. The van der Waals surface area contributed by atoms with Gasteiger partial charge in [0.1, 0.15) is 11.3 Å². The highest BCUT2D eigenvalue weighted by molar-refractivity contribution is 9.10. The van der Waals surface area contributed by atoms with Crippen LogP contribution in [0, 0.1) is 0 Å². The molecule has 1 aliphatic rings. The molecular formula is C13H11BrO3. The van der Waals surface area contributed by atoms with Crippen LogP contribution in [0.15, 0.2) is 28.2 Å². The average Bonchev–Trinajstić information content (AvgIpc) is 2.25. The van der Waals surface area contributed by atoms with Crippen molar-refractivity contribution in [2.24, 2.45) is 0 Å². The van der Waals surface area contributed by atoms with Crippen LogP contribution in [-0.4, -0.2) is 16.7 Å². The lowest BCUT2D eigenvalue weighted by Gasteiger charge is -2.22. The van der Waals surface area contributed by atoms with E-state index in [9.17, 15) is 14.7 Å². The van der Waals surface area contributed by atoms with Gasteiger partial charge in [0, 0.05) is 16.0 Å². The van der Waals surface area contributed by atoms with Crippen LogP contribution in [-0.2, 0) is 9.59 Å². The highest BCUT2D eigenvalue weighted by Gasteiger charge is 2.33. The molecule has 17 heavy (non-hydrogen) atoms. The fourth-order valence-electron chi connectivity index (χ4n) is 2.06. The summed E-state index contributed by atoms with van der Waals surface area (Å²) in [7, 11) is 0. The van der Waals surface area contributed by atoms with Crippen molar-refractivity contribution in [3.05, 3.63) is 39.4 Å². The molecular weight excluding hydrogens is 284 g/mol. The van der Waals surface area contributed by atoms with Crippen LogP contribution in [0.5, 0.6) is 0 Å². The van der Waals surface area contributed by atoms with Gasteiger partial charge in [-0.3, -0.25) is 9.59 Å². The summed E-state index contributed by atoms with van der Waals surface area (Å²) in [6, 6.07) is 5.28. The SMILES string of the molecule is CC(=O)C1=C(O)c2ccc(Br)cc2C(C)C1=O. The van der Waals surface area contributed by atoms with Gasteiger partial charge in [-0.2, -0.15) is 0 Å². The first kappa shape index (κ1) is 12.0. The van der Waals surface area contributed by atoms with Crippen molar-refractivity contribution in [2.75, 3.05) is 0 Å². The van der Waals surface area contributed by atoms with Gasteiger partial charge in [0.2, 0.25) is 0 Å². The smallest absolute Gasteiger partial charge is 0.177 e. The second kappa shape index (κ2) is 4.11. The lowest BCUT2D eigenvalue weighted by atomic mass is 9.81. The van der Waals surface area contributed by atoms with E-state index in [1.54, 1.807) is 25.1 Å². The molecule has 1 aromatic carbocycles. The van der Waals surface area contributed by atoms with E-state index >= 15 is 0 Å². The number of benzene rings is 1. The molecule has 0 saturated heterocycles. The number of allylic oxidation sites excluding steroid dienone is 1. The monoisotopic (exact) mass is 294 g/mol. The van der Waals surface area contributed by atoms with Crippen LogP contribution in [0.3, 0.4) is 0 Å². The van der Waals surface area contributed by atoms with Crippen molar-refractivity contribution in [1.29, 1.82) is 0 Å². The predicted molar refractivity (Wildman–Crippen MR) is 67.8 cm³/mol. The van der Waals surface area contributed by atoms with Crippen LogP contribution in [0.25, 0.3) is 5.76 Å². The van der Waals surface area contributed by atoms with E-state index < -0.39 is 11.7 Å². The van der Waals surface area contributed by atoms with Gasteiger partial charge < -0.3 is 5.11 Å². The van der Waals surface area contributed by atoms with Crippen LogP contribution >= 0.6 is 15.9 Å². The zero-order valence-corrected chi connectivity index (χ0v) is 11.0. The number of carbonyl (C=O) groups is 2. The highest BCUT2D eigenvalue weighted by atomic mass is 79.9. The molecule has 0 saturated carbocycles. The topological polar surface area (TPSA) is 54.4 Å². The molecule has 2 rings (SSSR count). The molecule has 0 aliphatic heterocycles. The minimum absolute atomic E-state index is 0.0904. The summed E-state index contributed by atoms with van der Waals surface area (Å²) in [6.45, 7) is 3.03. The third kappa shape index (κ3) is 1.82. The summed E-state index contributed by atoms with van der Waals surface area (Å²) in [5.41, 5.74) is 1.21. The van der Waals surface area contributed by atoms with Crippen molar-refractivity contribution in [1.82, 2.24) is 0 Å².